The van der Waals surface area contributed by atoms with Crippen molar-refractivity contribution in [2.45, 2.75) is 52.6 Å². The highest BCUT2D eigenvalue weighted by Crippen LogP contribution is 2.17. The lowest BCUT2D eigenvalue weighted by molar-refractivity contribution is 0.438. The number of amidine groups is 1. The molecule has 0 aromatic rings. The Morgan fingerprint density at radius 1 is 1.57 bits per heavy atom. The third kappa shape index (κ3) is 3.52. The van der Waals surface area contributed by atoms with Crippen LogP contribution in [-0.4, -0.2) is 23.0 Å². The van der Waals surface area contributed by atoms with Gasteiger partial charge < -0.3 is 5.32 Å². The number of nitrogens with zero attached hydrogens (tertiary/aromatic N) is 1. The van der Waals surface area contributed by atoms with E-state index in [9.17, 15) is 0 Å². The molecule has 0 spiro atoms. The van der Waals surface area contributed by atoms with Crippen molar-refractivity contribution in [2.75, 3.05) is 5.75 Å². The van der Waals surface area contributed by atoms with Gasteiger partial charge in [0.25, 0.3) is 0 Å². The van der Waals surface area contributed by atoms with Crippen LogP contribution in [0.15, 0.2) is 4.99 Å². The first-order valence-electron chi connectivity index (χ1n) is 5.60. The minimum Gasteiger partial charge on any atom is -0.362 e. The third-order valence-corrected chi connectivity index (χ3v) is 3.90. The predicted molar refractivity (Wildman–Crippen MR) is 66.0 cm³/mol. The smallest absolute Gasteiger partial charge is 0.157 e. The molecule has 0 aromatic carbocycles. The molecule has 0 aromatic heterocycles. The van der Waals surface area contributed by atoms with E-state index in [1.54, 1.807) is 0 Å². The summed E-state index contributed by atoms with van der Waals surface area (Å²) in [6, 6.07) is 1.04. The molecule has 0 aliphatic carbocycles. The lowest BCUT2D eigenvalue weighted by atomic mass is 10.0. The standard InChI is InChI=1S/C11H22N2S/c1-5-8(2)10(4)13-11-12-9(3)6-7-14-11/h8-10H,5-7H2,1-4H3,(H,12,13). The van der Waals surface area contributed by atoms with Crippen molar-refractivity contribution in [2.24, 2.45) is 10.9 Å². The summed E-state index contributed by atoms with van der Waals surface area (Å²) in [4.78, 5) is 4.61. The molecule has 3 heteroatoms. The average Bonchev–Trinajstić information content (AvgIpc) is 2.16. The van der Waals surface area contributed by atoms with Crippen molar-refractivity contribution in [3.05, 3.63) is 0 Å². The molecule has 0 amide bonds. The van der Waals surface area contributed by atoms with Crippen molar-refractivity contribution in [1.29, 1.82) is 0 Å². The van der Waals surface area contributed by atoms with Gasteiger partial charge in [0.15, 0.2) is 5.17 Å². The Labute approximate surface area is 92.0 Å². The van der Waals surface area contributed by atoms with Gasteiger partial charge in [0.05, 0.1) is 6.04 Å². The van der Waals surface area contributed by atoms with Crippen LogP contribution in [0.5, 0.6) is 0 Å². The lowest BCUT2D eigenvalue weighted by Crippen LogP contribution is -2.37. The van der Waals surface area contributed by atoms with Gasteiger partial charge in [-0.25, -0.2) is 0 Å². The highest BCUT2D eigenvalue weighted by atomic mass is 32.2. The zero-order chi connectivity index (χ0) is 10.6. The van der Waals surface area contributed by atoms with Gasteiger partial charge in [-0.05, 0) is 26.2 Å². The van der Waals surface area contributed by atoms with Crippen LogP contribution in [0.25, 0.3) is 0 Å². The molecule has 2 nitrogen and oxygen atoms in total. The summed E-state index contributed by atoms with van der Waals surface area (Å²) < 4.78 is 0. The fraction of sp³-hybridized carbons (Fsp3) is 0.909. The van der Waals surface area contributed by atoms with Crippen molar-refractivity contribution < 1.29 is 0 Å². The second-order valence-corrected chi connectivity index (χ2v) is 5.32. The molecule has 82 valence electrons. The SMILES string of the molecule is CCC(C)C(C)NC1=NC(C)CCS1. The summed E-state index contributed by atoms with van der Waals surface area (Å²) in [5, 5.41) is 4.66. The van der Waals surface area contributed by atoms with Gasteiger partial charge in [0.2, 0.25) is 0 Å². The zero-order valence-corrected chi connectivity index (χ0v) is 10.5. The Morgan fingerprint density at radius 2 is 2.29 bits per heavy atom. The first-order valence-corrected chi connectivity index (χ1v) is 6.59. The molecular weight excluding hydrogens is 192 g/mol. The zero-order valence-electron chi connectivity index (χ0n) is 9.71. The van der Waals surface area contributed by atoms with Gasteiger partial charge in [-0.1, -0.05) is 32.0 Å². The topological polar surface area (TPSA) is 24.4 Å². The van der Waals surface area contributed by atoms with Gasteiger partial charge >= 0.3 is 0 Å². The molecule has 3 atom stereocenters. The maximum absolute atomic E-state index is 4.61. The van der Waals surface area contributed by atoms with E-state index >= 15 is 0 Å². The van der Waals surface area contributed by atoms with Crippen LogP contribution in [0.3, 0.4) is 0 Å². The summed E-state index contributed by atoms with van der Waals surface area (Å²) >= 11 is 1.86. The maximum Gasteiger partial charge on any atom is 0.157 e. The largest absolute Gasteiger partial charge is 0.362 e. The molecule has 0 fully saturated rings. The number of rotatable bonds is 3. The second kappa shape index (κ2) is 5.64. The molecule has 0 radical (unpaired) electrons. The van der Waals surface area contributed by atoms with Crippen LogP contribution in [0, 0.1) is 5.92 Å². The van der Waals surface area contributed by atoms with E-state index in [1.165, 1.54) is 18.6 Å². The number of hydrogen-bond donors (Lipinski definition) is 1. The van der Waals surface area contributed by atoms with Crippen LogP contribution in [0.4, 0.5) is 0 Å². The Bertz CT molecular complexity index is 203. The van der Waals surface area contributed by atoms with Gasteiger partial charge in [-0.3, -0.25) is 4.99 Å². The Balaban J connectivity index is 2.43. The van der Waals surface area contributed by atoms with Crippen LogP contribution in [0.1, 0.15) is 40.5 Å². The summed E-state index contributed by atoms with van der Waals surface area (Å²) in [5.41, 5.74) is 0. The summed E-state index contributed by atoms with van der Waals surface area (Å²) in [6.07, 6.45) is 2.44. The van der Waals surface area contributed by atoms with Crippen molar-refractivity contribution in [3.63, 3.8) is 0 Å². The van der Waals surface area contributed by atoms with E-state index in [4.69, 9.17) is 0 Å². The highest BCUT2D eigenvalue weighted by molar-refractivity contribution is 8.13. The van der Waals surface area contributed by atoms with E-state index in [0.29, 0.717) is 12.1 Å². The minimum atomic E-state index is 0.503. The molecule has 3 unspecified atom stereocenters. The molecule has 1 heterocycles. The van der Waals surface area contributed by atoms with Crippen molar-refractivity contribution in [3.8, 4) is 0 Å². The molecule has 14 heavy (non-hydrogen) atoms. The van der Waals surface area contributed by atoms with E-state index in [-0.39, 0.29) is 0 Å². The van der Waals surface area contributed by atoms with Gasteiger partial charge in [0, 0.05) is 11.8 Å². The number of thioether (sulfide) groups is 1. The molecular formula is C11H22N2S. The lowest BCUT2D eigenvalue weighted by Gasteiger charge is -2.24. The summed E-state index contributed by atoms with van der Waals surface area (Å²) in [6.45, 7) is 8.96. The number of hydrogen-bond acceptors (Lipinski definition) is 3. The van der Waals surface area contributed by atoms with Crippen LogP contribution < -0.4 is 5.32 Å². The van der Waals surface area contributed by atoms with E-state index in [1.807, 2.05) is 11.8 Å². The predicted octanol–water partition coefficient (Wildman–Crippen LogP) is 2.89. The monoisotopic (exact) mass is 214 g/mol. The van der Waals surface area contributed by atoms with Crippen LogP contribution in [-0.2, 0) is 0 Å². The normalized spacial score (nSPS) is 26.6. The fourth-order valence-corrected chi connectivity index (χ4v) is 2.57. The second-order valence-electron chi connectivity index (χ2n) is 4.24. The van der Waals surface area contributed by atoms with Crippen LogP contribution >= 0.6 is 11.8 Å². The molecule has 1 aliphatic rings. The molecule has 0 saturated heterocycles. The van der Waals surface area contributed by atoms with Gasteiger partial charge in [-0.15, -0.1) is 0 Å². The Morgan fingerprint density at radius 3 is 2.86 bits per heavy atom. The van der Waals surface area contributed by atoms with Crippen LogP contribution in [0.2, 0.25) is 0 Å². The Kier molecular flexibility index (Phi) is 4.79. The number of nitrogens with one attached hydrogen (secondary N) is 1. The van der Waals surface area contributed by atoms with E-state index < -0.39 is 0 Å². The average molecular weight is 214 g/mol. The van der Waals surface area contributed by atoms with Crippen molar-refractivity contribution in [1.82, 2.24) is 5.32 Å². The molecule has 1 aliphatic heterocycles. The summed E-state index contributed by atoms with van der Waals surface area (Å²) in [5.74, 6) is 1.93. The van der Waals surface area contributed by atoms with E-state index in [0.717, 1.165) is 11.1 Å². The van der Waals surface area contributed by atoms with E-state index in [2.05, 4.69) is 38.0 Å². The third-order valence-electron chi connectivity index (χ3n) is 2.96. The quantitative estimate of drug-likeness (QED) is 0.781. The first kappa shape index (κ1) is 11.9. The summed E-state index contributed by atoms with van der Waals surface area (Å²) in [7, 11) is 0. The highest BCUT2D eigenvalue weighted by Gasteiger charge is 2.15. The fourth-order valence-electron chi connectivity index (χ4n) is 1.40. The maximum atomic E-state index is 4.61. The molecule has 0 bridgehead atoms. The Hall–Kier alpha value is -0.180. The molecule has 1 N–H and O–H groups in total. The van der Waals surface area contributed by atoms with Gasteiger partial charge in [-0.2, -0.15) is 0 Å². The van der Waals surface area contributed by atoms with Gasteiger partial charge in [0.1, 0.15) is 0 Å². The first-order chi connectivity index (χ1) is 6.63. The minimum absolute atomic E-state index is 0.503. The molecule has 1 rings (SSSR count). The van der Waals surface area contributed by atoms with Crippen molar-refractivity contribution >= 4 is 16.9 Å². The number of aliphatic imine (C=N–C) groups is 1. The molecule has 0 saturated carbocycles.